The van der Waals surface area contributed by atoms with Gasteiger partial charge in [0.25, 0.3) is 0 Å². The number of rotatable bonds is 6. The molecule has 1 saturated heterocycles. The summed E-state index contributed by atoms with van der Waals surface area (Å²) in [5, 5.41) is 11.6. The lowest BCUT2D eigenvalue weighted by molar-refractivity contribution is 0.0638. The van der Waals surface area contributed by atoms with Crippen molar-refractivity contribution in [3.8, 4) is 5.75 Å². The number of hydrogen-bond acceptors (Lipinski definition) is 5. The predicted molar refractivity (Wildman–Crippen MR) is 106 cm³/mol. The monoisotopic (exact) mass is 368 g/mol. The van der Waals surface area contributed by atoms with Gasteiger partial charge in [-0.3, -0.25) is 4.90 Å². The number of aliphatic hydroxyl groups is 1. The molecule has 0 radical (unpaired) electrons. The smallest absolute Gasteiger partial charge is 0.119 e. The number of ether oxygens (including phenoxy) is 1. The van der Waals surface area contributed by atoms with E-state index in [0.717, 1.165) is 41.2 Å². The summed E-state index contributed by atoms with van der Waals surface area (Å²) in [6, 6.07) is 16.5. The Balaban J connectivity index is 1.38. The number of aryl methyl sites for hydroxylation is 1. The average molecular weight is 369 g/mol. The van der Waals surface area contributed by atoms with E-state index in [1.165, 1.54) is 4.70 Å². The summed E-state index contributed by atoms with van der Waals surface area (Å²) in [7, 11) is 0. The summed E-state index contributed by atoms with van der Waals surface area (Å²) in [6.07, 6.45) is 1.74. The zero-order valence-corrected chi connectivity index (χ0v) is 15.8. The van der Waals surface area contributed by atoms with Gasteiger partial charge in [-0.15, -0.1) is 11.3 Å². The Bertz CT molecular complexity index is 846. The second kappa shape index (κ2) is 7.74. The van der Waals surface area contributed by atoms with E-state index in [-0.39, 0.29) is 0 Å². The van der Waals surface area contributed by atoms with Crippen LogP contribution < -0.4 is 4.74 Å². The fourth-order valence-corrected chi connectivity index (χ4v) is 4.71. The van der Waals surface area contributed by atoms with Crippen LogP contribution in [0.2, 0.25) is 0 Å². The standard InChI is InChI=1S/C21H24N2O2S/c1-15-6-4-7-17(12-15)25-14-16(24)13-23-11-5-9-19(23)21-22-18-8-2-3-10-20(18)26-21/h2-4,6-8,10,12,16,19,24H,5,9,11,13-14H2,1H3. The first kappa shape index (κ1) is 17.5. The van der Waals surface area contributed by atoms with E-state index in [1.54, 1.807) is 11.3 Å². The molecule has 0 bridgehead atoms. The van der Waals surface area contributed by atoms with Crippen LogP contribution in [0.5, 0.6) is 5.75 Å². The minimum absolute atomic E-state index is 0.306. The number of aliphatic hydroxyl groups excluding tert-OH is 1. The molecule has 0 spiro atoms. The van der Waals surface area contributed by atoms with Crippen LogP contribution >= 0.6 is 11.3 Å². The molecule has 1 aromatic heterocycles. The Labute approximate surface area is 158 Å². The van der Waals surface area contributed by atoms with Crippen molar-refractivity contribution < 1.29 is 9.84 Å². The van der Waals surface area contributed by atoms with Crippen molar-refractivity contribution in [2.45, 2.75) is 31.9 Å². The summed E-state index contributed by atoms with van der Waals surface area (Å²) in [5.41, 5.74) is 2.23. The maximum atomic E-state index is 10.5. The topological polar surface area (TPSA) is 45.6 Å². The number of fused-ring (bicyclic) bond motifs is 1. The molecule has 5 heteroatoms. The van der Waals surface area contributed by atoms with Gasteiger partial charge in [0, 0.05) is 6.54 Å². The van der Waals surface area contributed by atoms with E-state index < -0.39 is 6.10 Å². The van der Waals surface area contributed by atoms with Crippen LogP contribution in [0.3, 0.4) is 0 Å². The van der Waals surface area contributed by atoms with E-state index in [2.05, 4.69) is 23.1 Å². The molecule has 0 saturated carbocycles. The lowest BCUT2D eigenvalue weighted by Gasteiger charge is -2.25. The summed E-state index contributed by atoms with van der Waals surface area (Å²) >= 11 is 1.77. The zero-order chi connectivity index (χ0) is 17.9. The number of aromatic nitrogens is 1. The van der Waals surface area contributed by atoms with Crippen molar-refractivity contribution in [2.24, 2.45) is 0 Å². The largest absolute Gasteiger partial charge is 0.491 e. The van der Waals surface area contributed by atoms with Crippen LogP contribution in [-0.2, 0) is 0 Å². The van der Waals surface area contributed by atoms with Gasteiger partial charge in [-0.1, -0.05) is 24.3 Å². The lowest BCUT2D eigenvalue weighted by Crippen LogP contribution is -2.35. The summed E-state index contributed by atoms with van der Waals surface area (Å²) < 4.78 is 6.99. The molecule has 4 rings (SSSR count). The molecule has 136 valence electrons. The molecule has 26 heavy (non-hydrogen) atoms. The van der Waals surface area contributed by atoms with Gasteiger partial charge in [0.2, 0.25) is 0 Å². The first-order valence-electron chi connectivity index (χ1n) is 9.16. The van der Waals surface area contributed by atoms with Crippen LogP contribution in [0.4, 0.5) is 0 Å². The third-order valence-electron chi connectivity index (χ3n) is 4.84. The third-order valence-corrected chi connectivity index (χ3v) is 5.97. The van der Waals surface area contributed by atoms with E-state index in [9.17, 15) is 5.11 Å². The highest BCUT2D eigenvalue weighted by molar-refractivity contribution is 7.18. The fourth-order valence-electron chi connectivity index (χ4n) is 3.58. The number of hydrogen-bond donors (Lipinski definition) is 1. The Morgan fingerprint density at radius 3 is 3.00 bits per heavy atom. The molecular weight excluding hydrogens is 344 g/mol. The Kier molecular flexibility index (Phi) is 5.20. The molecule has 0 amide bonds. The molecule has 2 atom stereocenters. The van der Waals surface area contributed by atoms with Gasteiger partial charge in [0.05, 0.1) is 16.3 Å². The first-order chi connectivity index (χ1) is 12.7. The zero-order valence-electron chi connectivity index (χ0n) is 15.0. The fraction of sp³-hybridized carbons (Fsp3) is 0.381. The Hall–Kier alpha value is -1.95. The predicted octanol–water partition coefficient (Wildman–Crippen LogP) is 4.18. The molecule has 3 aromatic rings. The summed E-state index contributed by atoms with van der Waals surface area (Å²) in [6.45, 7) is 3.97. The van der Waals surface area contributed by atoms with Crippen molar-refractivity contribution in [1.82, 2.24) is 9.88 Å². The number of para-hydroxylation sites is 1. The molecule has 2 heterocycles. The van der Waals surface area contributed by atoms with Crippen LogP contribution in [0, 0.1) is 6.92 Å². The molecule has 0 aliphatic carbocycles. The number of benzene rings is 2. The van der Waals surface area contributed by atoms with Crippen LogP contribution in [-0.4, -0.2) is 40.8 Å². The summed E-state index contributed by atoms with van der Waals surface area (Å²) in [4.78, 5) is 7.17. The Morgan fingerprint density at radius 2 is 2.15 bits per heavy atom. The summed E-state index contributed by atoms with van der Waals surface area (Å²) in [5.74, 6) is 0.813. The molecule has 1 aliphatic rings. The van der Waals surface area contributed by atoms with E-state index in [1.807, 2.05) is 37.3 Å². The van der Waals surface area contributed by atoms with Crippen molar-refractivity contribution >= 4 is 21.6 Å². The molecule has 1 fully saturated rings. The molecule has 1 aliphatic heterocycles. The van der Waals surface area contributed by atoms with Gasteiger partial charge in [-0.05, 0) is 56.1 Å². The van der Waals surface area contributed by atoms with Crippen LogP contribution in [0.15, 0.2) is 48.5 Å². The van der Waals surface area contributed by atoms with Crippen molar-refractivity contribution in [3.05, 3.63) is 59.1 Å². The number of thiazole rings is 1. The number of β-amino-alcohol motifs (C(OH)–C–C–N with tert-alkyl or cyclic N) is 1. The van der Waals surface area contributed by atoms with E-state index in [0.29, 0.717) is 19.2 Å². The van der Waals surface area contributed by atoms with Gasteiger partial charge in [-0.2, -0.15) is 0 Å². The van der Waals surface area contributed by atoms with Gasteiger partial charge >= 0.3 is 0 Å². The highest BCUT2D eigenvalue weighted by atomic mass is 32.1. The van der Waals surface area contributed by atoms with Crippen molar-refractivity contribution in [1.29, 1.82) is 0 Å². The third kappa shape index (κ3) is 3.90. The van der Waals surface area contributed by atoms with Crippen LogP contribution in [0.25, 0.3) is 10.2 Å². The number of likely N-dealkylation sites (tertiary alicyclic amines) is 1. The van der Waals surface area contributed by atoms with Gasteiger partial charge in [0.1, 0.15) is 23.5 Å². The van der Waals surface area contributed by atoms with Gasteiger partial charge < -0.3 is 9.84 Å². The average Bonchev–Trinajstić information content (AvgIpc) is 3.26. The minimum atomic E-state index is -0.509. The van der Waals surface area contributed by atoms with Crippen molar-refractivity contribution in [3.63, 3.8) is 0 Å². The minimum Gasteiger partial charge on any atom is -0.491 e. The normalized spacial score (nSPS) is 19.1. The van der Waals surface area contributed by atoms with Gasteiger partial charge in [-0.25, -0.2) is 4.98 Å². The molecule has 2 aromatic carbocycles. The first-order valence-corrected chi connectivity index (χ1v) is 9.98. The highest BCUT2D eigenvalue weighted by Crippen LogP contribution is 2.36. The lowest BCUT2D eigenvalue weighted by atomic mass is 10.2. The quantitative estimate of drug-likeness (QED) is 0.709. The van der Waals surface area contributed by atoms with Gasteiger partial charge in [0.15, 0.2) is 0 Å². The molecule has 2 unspecified atom stereocenters. The van der Waals surface area contributed by atoms with E-state index >= 15 is 0 Å². The van der Waals surface area contributed by atoms with Crippen molar-refractivity contribution in [2.75, 3.05) is 19.7 Å². The van der Waals surface area contributed by atoms with E-state index in [4.69, 9.17) is 9.72 Å². The second-order valence-corrected chi connectivity index (χ2v) is 8.02. The Morgan fingerprint density at radius 1 is 1.27 bits per heavy atom. The SMILES string of the molecule is Cc1cccc(OCC(O)CN2CCCC2c2nc3ccccc3s2)c1. The second-order valence-electron chi connectivity index (χ2n) is 6.95. The highest BCUT2D eigenvalue weighted by Gasteiger charge is 2.30. The molecule has 4 nitrogen and oxygen atoms in total. The molecule has 1 N–H and O–H groups in total. The number of nitrogens with zero attached hydrogens (tertiary/aromatic N) is 2. The maximum absolute atomic E-state index is 10.5. The maximum Gasteiger partial charge on any atom is 0.119 e. The van der Waals surface area contributed by atoms with Crippen LogP contribution in [0.1, 0.15) is 29.5 Å². The molecular formula is C21H24N2O2S.